The van der Waals surface area contributed by atoms with Gasteiger partial charge in [-0.25, -0.2) is 17.8 Å². The van der Waals surface area contributed by atoms with E-state index in [0.29, 0.717) is 25.9 Å². The average Bonchev–Trinajstić information content (AvgIpc) is 3.24. The lowest BCUT2D eigenvalue weighted by molar-refractivity contribution is 0.415. The van der Waals surface area contributed by atoms with Crippen molar-refractivity contribution in [2.24, 2.45) is 0 Å². The molecule has 0 atom stereocenters. The molecule has 3 aromatic rings. The van der Waals surface area contributed by atoms with Crippen LogP contribution in [0.3, 0.4) is 0 Å². The number of ether oxygens (including phenoxy) is 1. The minimum Gasteiger partial charge on any atom is -0.497 e. The minimum atomic E-state index is -3.45. The van der Waals surface area contributed by atoms with Gasteiger partial charge in [-0.15, -0.1) is 11.3 Å². The van der Waals surface area contributed by atoms with E-state index in [1.807, 2.05) is 29.6 Å². The third-order valence-corrected chi connectivity index (χ3v) is 8.35. The maximum atomic E-state index is 13.1. The van der Waals surface area contributed by atoms with E-state index >= 15 is 0 Å². The Labute approximate surface area is 173 Å². The summed E-state index contributed by atoms with van der Waals surface area (Å²) in [7, 11) is -1.82. The molecule has 0 amide bonds. The summed E-state index contributed by atoms with van der Waals surface area (Å²) in [6.07, 6.45) is 1.05. The number of methoxy groups -OCH3 is 1. The van der Waals surface area contributed by atoms with Crippen LogP contribution in [-0.4, -0.2) is 38.9 Å². The second-order valence-electron chi connectivity index (χ2n) is 6.93. The fourth-order valence-corrected chi connectivity index (χ4v) is 6.10. The zero-order chi connectivity index (χ0) is 20.4. The summed E-state index contributed by atoms with van der Waals surface area (Å²) in [6.45, 7) is 1.25. The number of nitrogens with zero attached hydrogens (tertiary/aromatic N) is 2. The van der Waals surface area contributed by atoms with Gasteiger partial charge in [-0.2, -0.15) is 0 Å². The van der Waals surface area contributed by atoms with E-state index in [0.717, 1.165) is 22.1 Å². The third kappa shape index (κ3) is 4.13. The number of benzene rings is 2. The first kappa shape index (κ1) is 19.8. The number of halogens is 1. The first-order valence-corrected chi connectivity index (χ1v) is 11.7. The monoisotopic (exact) mass is 432 g/mol. The number of rotatable bonds is 5. The average molecular weight is 433 g/mol. The van der Waals surface area contributed by atoms with E-state index in [1.54, 1.807) is 18.4 Å². The molecule has 0 bridgehead atoms. The molecule has 0 radical (unpaired) electrons. The van der Waals surface area contributed by atoms with Crippen molar-refractivity contribution in [3.05, 3.63) is 59.7 Å². The van der Waals surface area contributed by atoms with E-state index in [2.05, 4.69) is 4.90 Å². The van der Waals surface area contributed by atoms with Crippen LogP contribution in [0.15, 0.2) is 58.8 Å². The number of sulfone groups is 1. The number of piperidine rings is 1. The van der Waals surface area contributed by atoms with Gasteiger partial charge in [-0.3, -0.25) is 0 Å². The normalized spacial score (nSPS) is 15.4. The fraction of sp³-hybridized carbons (Fsp3) is 0.286. The SMILES string of the molecule is COc1ccc(-c2csc(N3CCC(S(=O)(=O)c4ccc(F)cc4)CC3)n2)cc1. The standard InChI is InChI=1S/C21H21FN2O3S2/c1-27-17-6-2-15(3-7-17)20-14-28-21(23-20)24-12-10-19(11-13-24)29(25,26)18-8-4-16(22)5-9-18/h2-9,14,19H,10-13H2,1H3. The molecule has 5 nitrogen and oxygen atoms in total. The lowest BCUT2D eigenvalue weighted by Crippen LogP contribution is -2.39. The second kappa shape index (κ2) is 8.12. The van der Waals surface area contributed by atoms with Gasteiger partial charge in [-0.05, 0) is 61.4 Å². The zero-order valence-electron chi connectivity index (χ0n) is 15.9. The molecule has 2 aromatic carbocycles. The first-order valence-electron chi connectivity index (χ1n) is 9.32. The molecule has 1 saturated heterocycles. The molecule has 2 heterocycles. The molecule has 0 saturated carbocycles. The van der Waals surface area contributed by atoms with Crippen molar-refractivity contribution in [3.63, 3.8) is 0 Å². The van der Waals surface area contributed by atoms with Crippen molar-refractivity contribution in [2.75, 3.05) is 25.1 Å². The van der Waals surface area contributed by atoms with E-state index in [-0.39, 0.29) is 4.90 Å². The first-order chi connectivity index (χ1) is 14.0. The molecule has 0 unspecified atom stereocenters. The van der Waals surface area contributed by atoms with Gasteiger partial charge < -0.3 is 9.64 Å². The lowest BCUT2D eigenvalue weighted by Gasteiger charge is -2.31. The molecular weight excluding hydrogens is 411 g/mol. The highest BCUT2D eigenvalue weighted by Crippen LogP contribution is 2.32. The Morgan fingerprint density at radius 2 is 1.72 bits per heavy atom. The molecule has 4 rings (SSSR count). The predicted octanol–water partition coefficient (Wildman–Crippen LogP) is 4.40. The van der Waals surface area contributed by atoms with E-state index in [1.165, 1.54) is 24.3 Å². The van der Waals surface area contributed by atoms with Crippen LogP contribution in [0.25, 0.3) is 11.3 Å². The summed E-state index contributed by atoms with van der Waals surface area (Å²) in [6, 6.07) is 12.8. The molecule has 8 heteroatoms. The summed E-state index contributed by atoms with van der Waals surface area (Å²) in [5.74, 6) is 0.365. The highest BCUT2D eigenvalue weighted by Gasteiger charge is 2.32. The van der Waals surface area contributed by atoms with E-state index < -0.39 is 20.9 Å². The molecule has 0 N–H and O–H groups in total. The van der Waals surface area contributed by atoms with Crippen molar-refractivity contribution in [2.45, 2.75) is 23.0 Å². The fourth-order valence-electron chi connectivity index (χ4n) is 3.48. The Kier molecular flexibility index (Phi) is 5.56. The van der Waals surface area contributed by atoms with Crippen molar-refractivity contribution >= 4 is 26.3 Å². The highest BCUT2D eigenvalue weighted by molar-refractivity contribution is 7.92. The van der Waals surface area contributed by atoms with Gasteiger partial charge in [0.05, 0.1) is 22.9 Å². The predicted molar refractivity (Wildman–Crippen MR) is 113 cm³/mol. The lowest BCUT2D eigenvalue weighted by atomic mass is 10.1. The van der Waals surface area contributed by atoms with Gasteiger partial charge in [0, 0.05) is 24.0 Å². The maximum Gasteiger partial charge on any atom is 0.185 e. The maximum absolute atomic E-state index is 13.1. The van der Waals surface area contributed by atoms with E-state index in [9.17, 15) is 12.8 Å². The summed E-state index contributed by atoms with van der Waals surface area (Å²) >= 11 is 1.56. The molecule has 152 valence electrons. The Hall–Kier alpha value is -2.45. The molecule has 0 spiro atoms. The molecule has 29 heavy (non-hydrogen) atoms. The molecule has 1 fully saturated rings. The van der Waals surface area contributed by atoms with Crippen LogP contribution in [0.2, 0.25) is 0 Å². The van der Waals surface area contributed by atoms with Crippen molar-refractivity contribution in [1.82, 2.24) is 4.98 Å². The second-order valence-corrected chi connectivity index (χ2v) is 9.99. The largest absolute Gasteiger partial charge is 0.497 e. The number of aromatic nitrogens is 1. The van der Waals surface area contributed by atoms with Gasteiger partial charge >= 0.3 is 0 Å². The Bertz CT molecular complexity index is 1070. The number of anilines is 1. The van der Waals surface area contributed by atoms with Crippen molar-refractivity contribution < 1.29 is 17.5 Å². The van der Waals surface area contributed by atoms with Crippen LogP contribution in [0.1, 0.15) is 12.8 Å². The third-order valence-electron chi connectivity index (χ3n) is 5.17. The van der Waals surface area contributed by atoms with Gasteiger partial charge in [0.1, 0.15) is 11.6 Å². The Morgan fingerprint density at radius 1 is 1.07 bits per heavy atom. The molecule has 1 aromatic heterocycles. The number of hydrogen-bond acceptors (Lipinski definition) is 6. The zero-order valence-corrected chi connectivity index (χ0v) is 17.5. The van der Waals surface area contributed by atoms with Crippen LogP contribution in [-0.2, 0) is 9.84 Å². The number of thiazole rings is 1. The summed E-state index contributed by atoms with van der Waals surface area (Å²) < 4.78 is 43.9. The summed E-state index contributed by atoms with van der Waals surface area (Å²) in [5, 5.41) is 2.46. The van der Waals surface area contributed by atoms with Gasteiger partial charge in [0.25, 0.3) is 0 Å². The van der Waals surface area contributed by atoms with Crippen molar-refractivity contribution in [1.29, 1.82) is 0 Å². The molecule has 1 aliphatic heterocycles. The van der Waals surface area contributed by atoms with E-state index in [4.69, 9.17) is 9.72 Å². The van der Waals surface area contributed by atoms with Crippen LogP contribution >= 0.6 is 11.3 Å². The highest BCUT2D eigenvalue weighted by atomic mass is 32.2. The Balaban J connectivity index is 1.43. The summed E-state index contributed by atoms with van der Waals surface area (Å²) in [5.41, 5.74) is 1.91. The van der Waals surface area contributed by atoms with Crippen LogP contribution in [0.4, 0.5) is 9.52 Å². The topological polar surface area (TPSA) is 59.5 Å². The van der Waals surface area contributed by atoms with Crippen LogP contribution in [0.5, 0.6) is 5.75 Å². The van der Waals surface area contributed by atoms with Gasteiger partial charge in [0.15, 0.2) is 15.0 Å². The summed E-state index contributed by atoms with van der Waals surface area (Å²) in [4.78, 5) is 7.05. The Morgan fingerprint density at radius 3 is 2.34 bits per heavy atom. The minimum absolute atomic E-state index is 0.188. The van der Waals surface area contributed by atoms with Crippen LogP contribution < -0.4 is 9.64 Å². The number of hydrogen-bond donors (Lipinski definition) is 0. The smallest absolute Gasteiger partial charge is 0.185 e. The van der Waals surface area contributed by atoms with Crippen LogP contribution in [0, 0.1) is 5.82 Å². The quantitative estimate of drug-likeness (QED) is 0.559. The van der Waals surface area contributed by atoms with Crippen molar-refractivity contribution in [3.8, 4) is 17.0 Å². The molecule has 1 aliphatic rings. The molecule has 0 aliphatic carbocycles. The van der Waals surface area contributed by atoms with Gasteiger partial charge in [0.2, 0.25) is 0 Å². The molecular formula is C21H21FN2O3S2. The van der Waals surface area contributed by atoms with Gasteiger partial charge in [-0.1, -0.05) is 0 Å².